The molecular weight excluding hydrogens is 480 g/mol. The van der Waals surface area contributed by atoms with E-state index in [1.807, 2.05) is 25.4 Å². The Balaban J connectivity index is 1.44. The lowest BCUT2D eigenvalue weighted by Crippen LogP contribution is -2.23. The molecular formula is C27H32N10O. The van der Waals surface area contributed by atoms with Crippen molar-refractivity contribution in [3.63, 3.8) is 0 Å². The van der Waals surface area contributed by atoms with E-state index in [4.69, 9.17) is 19.8 Å². The minimum absolute atomic E-state index is 0.0811. The van der Waals surface area contributed by atoms with Gasteiger partial charge in [-0.3, -0.25) is 4.68 Å². The number of hydrogen-bond acceptors (Lipinski definition) is 8. The van der Waals surface area contributed by atoms with Gasteiger partial charge in [-0.15, -0.1) is 0 Å². The van der Waals surface area contributed by atoms with Crippen molar-refractivity contribution in [2.45, 2.75) is 45.8 Å². The molecule has 6 heterocycles. The van der Waals surface area contributed by atoms with Crippen molar-refractivity contribution in [3.8, 4) is 28.7 Å². The largest absolute Gasteiger partial charge is 0.477 e. The molecule has 1 aliphatic heterocycles. The van der Waals surface area contributed by atoms with Crippen LogP contribution in [0.1, 0.15) is 38.9 Å². The SMILES string of the molecule is CC(C)NCc1ccc(-c2nn3c4cc(ncc24)Nc2ccnc(n2)-c2cnn(C)c2OCC[C@@H]3C)n1C. The average Bonchev–Trinajstić information content (AvgIpc) is 3.57. The van der Waals surface area contributed by atoms with Crippen molar-refractivity contribution in [2.75, 3.05) is 11.9 Å². The standard InChI is InChI=1S/C27H32N10O/c1-16(2)29-13-18-6-7-21(35(18)4)25-19-14-30-24-12-22(19)37(34-25)17(3)9-11-38-27-20(15-31-36(27)5)26-28-10-8-23(32-24)33-26/h6-8,10,12,14-17,29H,9,11,13H2,1-5H3,(H,28,30,32,33)/t17-/m0/s1. The second-order valence-corrected chi connectivity index (χ2v) is 10.0. The number of pyridine rings is 1. The molecule has 0 amide bonds. The van der Waals surface area contributed by atoms with E-state index in [0.717, 1.165) is 40.8 Å². The summed E-state index contributed by atoms with van der Waals surface area (Å²) in [6.07, 6.45) is 6.10. The van der Waals surface area contributed by atoms with Gasteiger partial charge in [0.2, 0.25) is 5.88 Å². The lowest BCUT2D eigenvalue weighted by Gasteiger charge is -2.16. The van der Waals surface area contributed by atoms with Gasteiger partial charge in [0.1, 0.15) is 22.9 Å². The van der Waals surface area contributed by atoms with Crippen LogP contribution >= 0.6 is 0 Å². The molecule has 0 radical (unpaired) electrons. The number of rotatable bonds is 4. The van der Waals surface area contributed by atoms with Gasteiger partial charge in [-0.1, -0.05) is 13.8 Å². The number of nitrogens with one attached hydrogen (secondary N) is 2. The normalized spacial score (nSPS) is 15.4. The lowest BCUT2D eigenvalue weighted by molar-refractivity contribution is 0.260. The zero-order valence-electron chi connectivity index (χ0n) is 22.3. The molecule has 196 valence electrons. The van der Waals surface area contributed by atoms with Crippen LogP contribution in [-0.2, 0) is 20.6 Å². The van der Waals surface area contributed by atoms with Crippen LogP contribution < -0.4 is 15.4 Å². The van der Waals surface area contributed by atoms with Crippen molar-refractivity contribution >= 4 is 22.5 Å². The van der Waals surface area contributed by atoms with E-state index in [9.17, 15) is 0 Å². The summed E-state index contributed by atoms with van der Waals surface area (Å²) in [6, 6.07) is 8.65. The van der Waals surface area contributed by atoms with Crippen LogP contribution in [0.15, 0.2) is 42.9 Å². The Labute approximate surface area is 220 Å². The van der Waals surface area contributed by atoms with E-state index in [1.54, 1.807) is 17.1 Å². The first-order chi connectivity index (χ1) is 18.4. The highest BCUT2D eigenvalue weighted by Crippen LogP contribution is 2.34. The maximum absolute atomic E-state index is 6.22. The van der Waals surface area contributed by atoms with Crippen LogP contribution in [0.2, 0.25) is 0 Å². The molecule has 5 aromatic heterocycles. The fourth-order valence-electron chi connectivity index (χ4n) is 4.79. The maximum atomic E-state index is 6.22. The molecule has 6 rings (SSSR count). The van der Waals surface area contributed by atoms with Crippen LogP contribution in [0.5, 0.6) is 5.88 Å². The van der Waals surface area contributed by atoms with Gasteiger partial charge >= 0.3 is 0 Å². The highest BCUT2D eigenvalue weighted by molar-refractivity contribution is 5.93. The van der Waals surface area contributed by atoms with Crippen LogP contribution in [0.3, 0.4) is 0 Å². The molecule has 38 heavy (non-hydrogen) atoms. The van der Waals surface area contributed by atoms with E-state index in [2.05, 4.69) is 69.9 Å². The maximum Gasteiger partial charge on any atom is 0.222 e. The van der Waals surface area contributed by atoms with Crippen LogP contribution in [-0.4, -0.2) is 51.7 Å². The molecule has 0 unspecified atom stereocenters. The minimum Gasteiger partial charge on any atom is -0.477 e. The zero-order valence-corrected chi connectivity index (χ0v) is 22.3. The monoisotopic (exact) mass is 512 g/mol. The van der Waals surface area contributed by atoms with Gasteiger partial charge in [-0.2, -0.15) is 10.2 Å². The molecule has 0 spiro atoms. The second-order valence-electron chi connectivity index (χ2n) is 10.0. The number of nitrogens with zero attached hydrogens (tertiary/aromatic N) is 8. The predicted octanol–water partition coefficient (Wildman–Crippen LogP) is 4.21. The van der Waals surface area contributed by atoms with Crippen molar-refractivity contribution < 1.29 is 4.74 Å². The number of aromatic nitrogens is 8. The molecule has 0 saturated carbocycles. The van der Waals surface area contributed by atoms with E-state index in [-0.39, 0.29) is 6.04 Å². The molecule has 11 nitrogen and oxygen atoms in total. The molecule has 0 aromatic carbocycles. The van der Waals surface area contributed by atoms with Crippen molar-refractivity contribution in [1.82, 2.24) is 44.4 Å². The first kappa shape index (κ1) is 24.1. The Morgan fingerprint density at radius 2 is 2.00 bits per heavy atom. The Morgan fingerprint density at radius 1 is 1.13 bits per heavy atom. The smallest absolute Gasteiger partial charge is 0.222 e. The third-order valence-electron chi connectivity index (χ3n) is 6.98. The molecule has 0 aliphatic carbocycles. The third kappa shape index (κ3) is 4.28. The second kappa shape index (κ2) is 9.56. The summed E-state index contributed by atoms with van der Waals surface area (Å²) < 4.78 is 12.2. The highest BCUT2D eigenvalue weighted by Gasteiger charge is 2.22. The van der Waals surface area contributed by atoms with Gasteiger partial charge in [0, 0.05) is 62.6 Å². The number of ether oxygens (including phenoxy) is 1. The summed E-state index contributed by atoms with van der Waals surface area (Å²) in [7, 11) is 3.95. The van der Waals surface area contributed by atoms with E-state index >= 15 is 0 Å². The van der Waals surface area contributed by atoms with Gasteiger partial charge in [0.15, 0.2) is 5.82 Å². The first-order valence-electron chi connectivity index (χ1n) is 12.9. The molecule has 2 N–H and O–H groups in total. The first-order valence-corrected chi connectivity index (χ1v) is 12.9. The van der Waals surface area contributed by atoms with E-state index in [1.165, 1.54) is 5.69 Å². The highest BCUT2D eigenvalue weighted by atomic mass is 16.5. The molecule has 1 aliphatic rings. The summed E-state index contributed by atoms with van der Waals surface area (Å²) in [5.41, 5.74) is 4.92. The van der Waals surface area contributed by atoms with Crippen molar-refractivity contribution in [3.05, 3.63) is 48.5 Å². The Hall–Kier alpha value is -4.25. The average molecular weight is 513 g/mol. The Morgan fingerprint density at radius 3 is 2.84 bits per heavy atom. The van der Waals surface area contributed by atoms with Gasteiger partial charge in [0.05, 0.1) is 30.1 Å². The molecule has 0 fully saturated rings. The fourth-order valence-corrected chi connectivity index (χ4v) is 4.79. The third-order valence-corrected chi connectivity index (χ3v) is 6.98. The zero-order chi connectivity index (χ0) is 26.4. The van der Waals surface area contributed by atoms with Crippen LogP contribution in [0, 0.1) is 0 Å². The molecule has 0 saturated heterocycles. The summed E-state index contributed by atoms with van der Waals surface area (Å²) in [5, 5.41) is 17.3. The van der Waals surface area contributed by atoms with E-state index < -0.39 is 0 Å². The van der Waals surface area contributed by atoms with Crippen LogP contribution in [0.4, 0.5) is 11.6 Å². The summed E-state index contributed by atoms with van der Waals surface area (Å²) in [5.74, 6) is 2.51. The minimum atomic E-state index is 0.0811. The number of anilines is 2. The van der Waals surface area contributed by atoms with E-state index in [0.29, 0.717) is 36.0 Å². The van der Waals surface area contributed by atoms with Crippen LogP contribution in [0.25, 0.3) is 33.7 Å². The molecule has 5 aromatic rings. The van der Waals surface area contributed by atoms with Gasteiger partial charge in [-0.05, 0) is 25.1 Å². The summed E-state index contributed by atoms with van der Waals surface area (Å²) in [4.78, 5) is 13.9. The quantitative estimate of drug-likeness (QED) is 0.368. The topological polar surface area (TPSA) is 113 Å². The number of hydrogen-bond donors (Lipinski definition) is 2. The van der Waals surface area contributed by atoms with Crippen molar-refractivity contribution in [1.29, 1.82) is 0 Å². The molecule has 11 heteroatoms. The number of aryl methyl sites for hydroxylation is 1. The fraction of sp³-hybridized carbons (Fsp3) is 0.370. The summed E-state index contributed by atoms with van der Waals surface area (Å²) >= 11 is 0. The van der Waals surface area contributed by atoms with Gasteiger partial charge in [0.25, 0.3) is 0 Å². The molecule has 4 bridgehead atoms. The molecule has 1 atom stereocenters. The Kier molecular flexibility index (Phi) is 6.07. The van der Waals surface area contributed by atoms with Gasteiger partial charge in [-0.25, -0.2) is 19.6 Å². The number of fused-ring (bicyclic) bond motifs is 5. The lowest BCUT2D eigenvalue weighted by atomic mass is 10.2. The Bertz CT molecular complexity index is 1610. The summed E-state index contributed by atoms with van der Waals surface area (Å²) in [6.45, 7) is 7.76. The van der Waals surface area contributed by atoms with Crippen molar-refractivity contribution in [2.24, 2.45) is 14.1 Å². The van der Waals surface area contributed by atoms with Gasteiger partial charge < -0.3 is 19.9 Å². The predicted molar refractivity (Wildman–Crippen MR) is 146 cm³/mol.